The number of hydrogen-bond donors (Lipinski definition) is 1. The summed E-state index contributed by atoms with van der Waals surface area (Å²) < 4.78 is 5.55. The standard InChI is InChI=1S/C13H18ClNO3/c1-9-4-5-11(14)12(8-9)18-10(2)13(17)15(3)6-7-16/h4-5,8,10,16H,6-7H2,1-3H3. The first-order chi connectivity index (χ1) is 8.45. The van der Waals surface area contributed by atoms with Crippen LogP contribution in [0.5, 0.6) is 5.75 Å². The van der Waals surface area contributed by atoms with Gasteiger partial charge in [-0.05, 0) is 31.5 Å². The van der Waals surface area contributed by atoms with Crippen LogP contribution in [-0.4, -0.2) is 42.2 Å². The normalized spacial score (nSPS) is 12.1. The van der Waals surface area contributed by atoms with Crippen LogP contribution in [0.25, 0.3) is 0 Å². The highest BCUT2D eigenvalue weighted by Gasteiger charge is 2.19. The lowest BCUT2D eigenvalue weighted by atomic mass is 10.2. The number of aryl methyl sites for hydroxylation is 1. The molecule has 0 fully saturated rings. The van der Waals surface area contributed by atoms with Gasteiger partial charge in [0.1, 0.15) is 5.75 Å². The number of carbonyl (C=O) groups excluding carboxylic acids is 1. The molecule has 0 saturated heterocycles. The first kappa shape index (κ1) is 14.8. The maximum atomic E-state index is 11.9. The SMILES string of the molecule is Cc1ccc(Cl)c(OC(C)C(=O)N(C)CCO)c1. The number of ether oxygens (including phenoxy) is 1. The minimum atomic E-state index is -0.638. The highest BCUT2D eigenvalue weighted by molar-refractivity contribution is 6.32. The molecular weight excluding hydrogens is 254 g/mol. The molecule has 0 bridgehead atoms. The van der Waals surface area contributed by atoms with E-state index >= 15 is 0 Å². The smallest absolute Gasteiger partial charge is 0.263 e. The Labute approximate surface area is 112 Å². The van der Waals surface area contributed by atoms with E-state index in [4.69, 9.17) is 21.4 Å². The third kappa shape index (κ3) is 3.89. The zero-order valence-corrected chi connectivity index (χ0v) is 11.6. The van der Waals surface area contributed by atoms with Crippen LogP contribution in [0.4, 0.5) is 0 Å². The van der Waals surface area contributed by atoms with Gasteiger partial charge in [0.2, 0.25) is 0 Å². The van der Waals surface area contributed by atoms with E-state index < -0.39 is 6.10 Å². The van der Waals surface area contributed by atoms with E-state index in [2.05, 4.69) is 0 Å². The van der Waals surface area contributed by atoms with Gasteiger partial charge < -0.3 is 14.7 Å². The summed E-state index contributed by atoms with van der Waals surface area (Å²) in [6.07, 6.45) is -0.638. The van der Waals surface area contributed by atoms with Crippen molar-refractivity contribution in [2.75, 3.05) is 20.2 Å². The predicted molar refractivity (Wildman–Crippen MR) is 71.0 cm³/mol. The summed E-state index contributed by atoms with van der Waals surface area (Å²) in [6, 6.07) is 5.40. The molecule has 1 amide bonds. The molecule has 0 aliphatic heterocycles. The van der Waals surface area contributed by atoms with E-state index in [1.165, 1.54) is 4.90 Å². The molecule has 0 radical (unpaired) electrons. The maximum absolute atomic E-state index is 11.9. The van der Waals surface area contributed by atoms with Crippen LogP contribution in [0.3, 0.4) is 0 Å². The molecule has 1 aromatic carbocycles. The number of benzene rings is 1. The lowest BCUT2D eigenvalue weighted by Crippen LogP contribution is -2.39. The number of rotatable bonds is 5. The average molecular weight is 272 g/mol. The van der Waals surface area contributed by atoms with Crippen molar-refractivity contribution < 1.29 is 14.6 Å². The van der Waals surface area contributed by atoms with E-state index in [9.17, 15) is 4.79 Å². The molecular formula is C13H18ClNO3. The summed E-state index contributed by atoms with van der Waals surface area (Å²) in [5.41, 5.74) is 1.01. The van der Waals surface area contributed by atoms with Crippen LogP contribution >= 0.6 is 11.6 Å². The zero-order valence-electron chi connectivity index (χ0n) is 10.8. The van der Waals surface area contributed by atoms with Gasteiger partial charge in [-0.1, -0.05) is 17.7 Å². The van der Waals surface area contributed by atoms with Crippen molar-refractivity contribution in [1.29, 1.82) is 0 Å². The lowest BCUT2D eigenvalue weighted by molar-refractivity contribution is -0.137. The molecule has 1 aromatic rings. The Hall–Kier alpha value is -1.26. The molecule has 0 aliphatic rings. The first-order valence-corrected chi connectivity index (χ1v) is 6.12. The molecule has 0 saturated carbocycles. The van der Waals surface area contributed by atoms with E-state index in [1.807, 2.05) is 13.0 Å². The second kappa shape index (κ2) is 6.61. The van der Waals surface area contributed by atoms with Crippen molar-refractivity contribution in [2.24, 2.45) is 0 Å². The van der Waals surface area contributed by atoms with Gasteiger partial charge in [0.25, 0.3) is 5.91 Å². The summed E-state index contributed by atoms with van der Waals surface area (Å²) in [5.74, 6) is 0.302. The van der Waals surface area contributed by atoms with E-state index in [1.54, 1.807) is 26.1 Å². The van der Waals surface area contributed by atoms with Crippen molar-refractivity contribution in [3.05, 3.63) is 28.8 Å². The first-order valence-electron chi connectivity index (χ1n) is 5.74. The van der Waals surface area contributed by atoms with Gasteiger partial charge in [0.15, 0.2) is 6.10 Å². The molecule has 0 aromatic heterocycles. The van der Waals surface area contributed by atoms with Gasteiger partial charge in [0.05, 0.1) is 11.6 Å². The Morgan fingerprint density at radius 1 is 1.56 bits per heavy atom. The van der Waals surface area contributed by atoms with Crippen molar-refractivity contribution in [3.8, 4) is 5.75 Å². The second-order valence-corrected chi connectivity index (χ2v) is 4.58. The number of carbonyl (C=O) groups is 1. The Balaban J connectivity index is 2.72. The fourth-order valence-electron chi connectivity index (χ4n) is 1.51. The van der Waals surface area contributed by atoms with Gasteiger partial charge in [0, 0.05) is 13.6 Å². The van der Waals surface area contributed by atoms with Crippen molar-refractivity contribution in [1.82, 2.24) is 4.90 Å². The number of nitrogens with zero attached hydrogens (tertiary/aromatic N) is 1. The zero-order chi connectivity index (χ0) is 13.7. The number of likely N-dealkylation sites (N-methyl/N-ethyl adjacent to an activating group) is 1. The van der Waals surface area contributed by atoms with Crippen molar-refractivity contribution >= 4 is 17.5 Å². The van der Waals surface area contributed by atoms with Crippen molar-refractivity contribution in [2.45, 2.75) is 20.0 Å². The summed E-state index contributed by atoms with van der Waals surface area (Å²) in [7, 11) is 1.62. The molecule has 0 aliphatic carbocycles. The molecule has 5 heteroatoms. The summed E-state index contributed by atoms with van der Waals surface area (Å²) in [6.45, 7) is 3.80. The number of aliphatic hydroxyl groups is 1. The summed E-state index contributed by atoms with van der Waals surface area (Å²) >= 11 is 6.00. The summed E-state index contributed by atoms with van der Waals surface area (Å²) in [5, 5.41) is 9.26. The fourth-order valence-corrected chi connectivity index (χ4v) is 1.67. The van der Waals surface area contributed by atoms with Crippen LogP contribution in [0.1, 0.15) is 12.5 Å². The van der Waals surface area contributed by atoms with Gasteiger partial charge >= 0.3 is 0 Å². The van der Waals surface area contributed by atoms with Crippen LogP contribution < -0.4 is 4.74 Å². The number of halogens is 1. The Kier molecular flexibility index (Phi) is 5.44. The number of aliphatic hydroxyl groups excluding tert-OH is 1. The molecule has 0 heterocycles. The molecule has 100 valence electrons. The molecule has 18 heavy (non-hydrogen) atoms. The van der Waals surface area contributed by atoms with Crippen molar-refractivity contribution in [3.63, 3.8) is 0 Å². The quantitative estimate of drug-likeness (QED) is 0.889. The largest absolute Gasteiger partial charge is 0.479 e. The lowest BCUT2D eigenvalue weighted by Gasteiger charge is -2.21. The number of hydrogen-bond acceptors (Lipinski definition) is 3. The molecule has 1 unspecified atom stereocenters. The Morgan fingerprint density at radius 2 is 2.22 bits per heavy atom. The molecule has 1 rings (SSSR count). The molecule has 1 atom stereocenters. The minimum Gasteiger partial charge on any atom is -0.479 e. The van der Waals surface area contributed by atoms with E-state index in [-0.39, 0.29) is 19.1 Å². The second-order valence-electron chi connectivity index (χ2n) is 4.18. The van der Waals surface area contributed by atoms with Gasteiger partial charge in [-0.2, -0.15) is 0 Å². The summed E-state index contributed by atoms with van der Waals surface area (Å²) in [4.78, 5) is 13.3. The van der Waals surface area contributed by atoms with E-state index in [0.29, 0.717) is 10.8 Å². The van der Waals surface area contributed by atoms with Crippen LogP contribution in [0.15, 0.2) is 18.2 Å². The third-order valence-electron chi connectivity index (χ3n) is 2.55. The van der Waals surface area contributed by atoms with Gasteiger partial charge in [-0.15, -0.1) is 0 Å². The molecule has 0 spiro atoms. The Bertz CT molecular complexity index is 423. The maximum Gasteiger partial charge on any atom is 0.263 e. The highest BCUT2D eigenvalue weighted by atomic mass is 35.5. The molecule has 1 N–H and O–H groups in total. The minimum absolute atomic E-state index is 0.0693. The Morgan fingerprint density at radius 3 is 2.83 bits per heavy atom. The van der Waals surface area contributed by atoms with Crippen LogP contribution in [0, 0.1) is 6.92 Å². The van der Waals surface area contributed by atoms with Gasteiger partial charge in [-0.25, -0.2) is 0 Å². The van der Waals surface area contributed by atoms with Crippen LogP contribution in [-0.2, 0) is 4.79 Å². The van der Waals surface area contributed by atoms with E-state index in [0.717, 1.165) is 5.56 Å². The monoisotopic (exact) mass is 271 g/mol. The molecule has 4 nitrogen and oxygen atoms in total. The average Bonchev–Trinajstić information content (AvgIpc) is 2.33. The fraction of sp³-hybridized carbons (Fsp3) is 0.462. The number of amides is 1. The van der Waals surface area contributed by atoms with Gasteiger partial charge in [-0.3, -0.25) is 4.79 Å². The van der Waals surface area contributed by atoms with Crippen LogP contribution in [0.2, 0.25) is 5.02 Å². The predicted octanol–water partition coefficient (Wildman–Crippen LogP) is 1.87. The third-order valence-corrected chi connectivity index (χ3v) is 2.86. The topological polar surface area (TPSA) is 49.8 Å². The highest BCUT2D eigenvalue weighted by Crippen LogP contribution is 2.26.